The summed E-state index contributed by atoms with van der Waals surface area (Å²) in [6.45, 7) is 7.64. The van der Waals surface area contributed by atoms with Gasteiger partial charge in [0.05, 0.1) is 6.61 Å². The van der Waals surface area contributed by atoms with Crippen LogP contribution < -0.4 is 0 Å². The minimum atomic E-state index is -0.498. The van der Waals surface area contributed by atoms with E-state index in [4.69, 9.17) is 17.7 Å². The van der Waals surface area contributed by atoms with E-state index in [1.807, 2.05) is 6.92 Å². The van der Waals surface area contributed by atoms with E-state index in [1.165, 1.54) is 0 Å². The highest BCUT2D eigenvalue weighted by atomic mass is 16.5. The van der Waals surface area contributed by atoms with Crippen molar-refractivity contribution >= 4 is 7.85 Å². The van der Waals surface area contributed by atoms with Crippen LogP contribution in [0.3, 0.4) is 0 Å². The highest BCUT2D eigenvalue weighted by molar-refractivity contribution is 6.11. The molecule has 0 aromatic rings. The number of nitrogens with zero attached hydrogens (tertiary/aromatic N) is 1. The number of morpholine rings is 1. The van der Waals surface area contributed by atoms with Crippen molar-refractivity contribution in [2.75, 3.05) is 19.7 Å². The number of ether oxygens (including phenoxy) is 1. The highest BCUT2D eigenvalue weighted by Crippen LogP contribution is 2.21. The van der Waals surface area contributed by atoms with E-state index in [1.54, 1.807) is 0 Å². The van der Waals surface area contributed by atoms with E-state index in [0.717, 1.165) is 13.1 Å². The molecule has 0 unspecified atom stereocenters. The molecule has 0 bridgehead atoms. The zero-order valence-corrected chi connectivity index (χ0v) is 8.66. The van der Waals surface area contributed by atoms with Gasteiger partial charge in [0.25, 0.3) is 0 Å². The Balaban J connectivity index is 2.62. The second-order valence-corrected chi connectivity index (χ2v) is 4.29. The van der Waals surface area contributed by atoms with Crippen molar-refractivity contribution in [2.24, 2.45) is 0 Å². The van der Waals surface area contributed by atoms with Crippen LogP contribution in [0.2, 0.25) is 0 Å². The van der Waals surface area contributed by atoms with Crippen LogP contribution in [-0.2, 0) is 4.74 Å². The monoisotopic (exact) mass is 183 g/mol. The molecule has 13 heavy (non-hydrogen) atoms. The Kier molecular flexibility index (Phi) is 3.38. The first kappa shape index (κ1) is 11.0. The number of hydrogen-bond donors (Lipinski definition) is 1. The molecule has 0 aromatic carbocycles. The van der Waals surface area contributed by atoms with Gasteiger partial charge in [0, 0.05) is 25.1 Å². The third kappa shape index (κ3) is 2.69. The van der Waals surface area contributed by atoms with Crippen LogP contribution in [0.25, 0.3) is 0 Å². The quantitative estimate of drug-likeness (QED) is 0.610. The average Bonchev–Trinajstić information content (AvgIpc) is 2.03. The third-order valence-corrected chi connectivity index (χ3v) is 2.45. The molecule has 1 N–H and O–H groups in total. The van der Waals surface area contributed by atoms with Gasteiger partial charge in [0.1, 0.15) is 13.4 Å². The van der Waals surface area contributed by atoms with Crippen LogP contribution in [0, 0.1) is 0 Å². The maximum absolute atomic E-state index is 9.16. The Morgan fingerprint density at radius 2 is 2.31 bits per heavy atom. The molecule has 0 aromatic heterocycles. The third-order valence-electron chi connectivity index (χ3n) is 2.45. The fourth-order valence-corrected chi connectivity index (χ4v) is 1.65. The molecular formula is C9H18BNO2. The van der Waals surface area contributed by atoms with Gasteiger partial charge in [-0.05, 0) is 20.8 Å². The molecule has 1 saturated heterocycles. The van der Waals surface area contributed by atoms with Gasteiger partial charge in [-0.3, -0.25) is 4.90 Å². The minimum Gasteiger partial charge on any atom is -0.393 e. The predicted octanol–water partition coefficient (Wildman–Crippen LogP) is -0.0274. The normalized spacial score (nSPS) is 36.8. The lowest BCUT2D eigenvalue weighted by Gasteiger charge is -2.44. The van der Waals surface area contributed by atoms with Crippen LogP contribution >= 0.6 is 0 Å². The maximum atomic E-state index is 9.16. The number of rotatable bonds is 2. The second-order valence-electron chi connectivity index (χ2n) is 4.29. The second kappa shape index (κ2) is 3.99. The molecule has 3 nitrogen and oxygen atoms in total. The van der Waals surface area contributed by atoms with Gasteiger partial charge in [-0.1, -0.05) is 0 Å². The summed E-state index contributed by atoms with van der Waals surface area (Å²) < 4.78 is 5.49. The van der Waals surface area contributed by atoms with Crippen molar-refractivity contribution in [3.63, 3.8) is 0 Å². The molecule has 1 heterocycles. The summed E-state index contributed by atoms with van der Waals surface area (Å²) in [4.78, 5) is 2.23. The smallest absolute Gasteiger partial charge is 0.110 e. The molecule has 2 atom stereocenters. The van der Waals surface area contributed by atoms with Crippen molar-refractivity contribution < 1.29 is 9.84 Å². The van der Waals surface area contributed by atoms with Crippen LogP contribution in [0.1, 0.15) is 20.8 Å². The number of aliphatic hydroxyl groups is 1. The first-order valence-corrected chi connectivity index (χ1v) is 4.75. The lowest BCUT2D eigenvalue weighted by atomic mass is 9.93. The summed E-state index contributed by atoms with van der Waals surface area (Å²) in [5, 5.41) is 9.16. The van der Waals surface area contributed by atoms with E-state index in [0.29, 0.717) is 6.04 Å². The Morgan fingerprint density at radius 3 is 2.77 bits per heavy atom. The molecule has 1 aliphatic heterocycles. The van der Waals surface area contributed by atoms with Crippen molar-refractivity contribution in [1.82, 2.24) is 4.90 Å². The molecule has 0 aliphatic carbocycles. The first-order chi connectivity index (χ1) is 5.97. The lowest BCUT2D eigenvalue weighted by molar-refractivity contribution is -0.143. The summed E-state index contributed by atoms with van der Waals surface area (Å²) in [5.74, 6) is 0. The summed E-state index contributed by atoms with van der Waals surface area (Å²) >= 11 is 0. The summed E-state index contributed by atoms with van der Waals surface area (Å²) in [7, 11) is 5.74. The zero-order valence-electron chi connectivity index (χ0n) is 8.66. The van der Waals surface area contributed by atoms with Gasteiger partial charge in [0.2, 0.25) is 0 Å². The van der Waals surface area contributed by atoms with Crippen molar-refractivity contribution in [3.8, 4) is 0 Å². The van der Waals surface area contributed by atoms with Crippen molar-refractivity contribution in [3.05, 3.63) is 0 Å². The Morgan fingerprint density at radius 1 is 1.69 bits per heavy atom. The van der Waals surface area contributed by atoms with Gasteiger partial charge in [0.15, 0.2) is 0 Å². The lowest BCUT2D eigenvalue weighted by Crippen LogP contribution is -2.57. The average molecular weight is 183 g/mol. The molecule has 74 valence electrons. The first-order valence-electron chi connectivity index (χ1n) is 4.75. The van der Waals surface area contributed by atoms with Crippen LogP contribution in [0.4, 0.5) is 0 Å². The largest absolute Gasteiger partial charge is 0.393 e. The van der Waals surface area contributed by atoms with Crippen LogP contribution in [0.5, 0.6) is 0 Å². The van der Waals surface area contributed by atoms with Gasteiger partial charge >= 0.3 is 0 Å². The Bertz CT molecular complexity index is 177. The summed E-state index contributed by atoms with van der Waals surface area (Å²) in [6.07, 6.45) is 0. The maximum Gasteiger partial charge on any atom is 0.110 e. The standard InChI is InChI=1S/C9H18BNO2/c1-7(2)11-4-8(10)13-9(3,5-11)6-12/h7-8,12H,4-6H2,1-3H3/t8-,9+/m1/s1. The highest BCUT2D eigenvalue weighted by Gasteiger charge is 2.35. The molecule has 1 fully saturated rings. The van der Waals surface area contributed by atoms with E-state index >= 15 is 0 Å². The topological polar surface area (TPSA) is 32.7 Å². The van der Waals surface area contributed by atoms with Crippen molar-refractivity contribution in [1.29, 1.82) is 0 Å². The Hall–Kier alpha value is -0.0551. The van der Waals surface area contributed by atoms with Crippen LogP contribution in [0.15, 0.2) is 0 Å². The van der Waals surface area contributed by atoms with Gasteiger partial charge in [-0.25, -0.2) is 0 Å². The molecule has 4 heteroatoms. The van der Waals surface area contributed by atoms with E-state index < -0.39 is 5.60 Å². The fraction of sp³-hybridized carbons (Fsp3) is 1.00. The minimum absolute atomic E-state index is 0.0178. The molecule has 0 amide bonds. The van der Waals surface area contributed by atoms with E-state index in [9.17, 15) is 0 Å². The summed E-state index contributed by atoms with van der Waals surface area (Å²) in [6, 6.07) is 0.161. The van der Waals surface area contributed by atoms with E-state index in [2.05, 4.69) is 18.7 Å². The molecule has 0 saturated carbocycles. The van der Waals surface area contributed by atoms with Gasteiger partial charge in [-0.2, -0.15) is 0 Å². The zero-order chi connectivity index (χ0) is 10.1. The molecule has 1 rings (SSSR count). The molecule has 0 spiro atoms. The number of hydrogen-bond acceptors (Lipinski definition) is 3. The van der Waals surface area contributed by atoms with E-state index in [-0.39, 0.29) is 12.6 Å². The summed E-state index contributed by atoms with van der Waals surface area (Å²) in [5.41, 5.74) is -0.498. The van der Waals surface area contributed by atoms with Gasteiger partial charge in [-0.15, -0.1) is 0 Å². The van der Waals surface area contributed by atoms with Crippen molar-refractivity contribution in [2.45, 2.75) is 38.4 Å². The molecular weight excluding hydrogens is 165 g/mol. The fourth-order valence-electron chi connectivity index (χ4n) is 1.65. The molecule has 2 radical (unpaired) electrons. The Labute approximate surface area is 81.5 Å². The predicted molar refractivity (Wildman–Crippen MR) is 52.8 cm³/mol. The number of aliphatic hydroxyl groups excluding tert-OH is 1. The SMILES string of the molecule is [B][C@H]1CN(C(C)C)C[C@@](C)(CO)O1. The molecule has 1 aliphatic rings. The van der Waals surface area contributed by atoms with Crippen LogP contribution in [-0.4, -0.2) is 55.2 Å². The van der Waals surface area contributed by atoms with Gasteiger partial charge < -0.3 is 9.84 Å².